The van der Waals surface area contributed by atoms with Crippen LogP contribution in [0.4, 0.5) is 0 Å². The molecule has 3 N–H and O–H groups in total. The van der Waals surface area contributed by atoms with E-state index < -0.39 is 6.04 Å². The third-order valence-electron chi connectivity index (χ3n) is 2.38. The minimum absolute atomic E-state index is 0.122. The molecule has 6 heteroatoms. The number of rotatable bonds is 5. The summed E-state index contributed by atoms with van der Waals surface area (Å²) in [5.41, 5.74) is 6.51. The first-order valence-corrected chi connectivity index (χ1v) is 6.66. The van der Waals surface area contributed by atoms with E-state index in [0.29, 0.717) is 6.54 Å². The molecule has 1 unspecified atom stereocenters. The quantitative estimate of drug-likeness (QED) is 0.760. The lowest BCUT2D eigenvalue weighted by Crippen LogP contribution is -2.43. The molecule has 0 aliphatic rings. The first-order valence-electron chi connectivity index (χ1n) is 5.43. The highest BCUT2D eigenvalue weighted by Crippen LogP contribution is 2.14. The average Bonchev–Trinajstić information content (AvgIpc) is 2.35. The van der Waals surface area contributed by atoms with Crippen LogP contribution in [0.5, 0.6) is 0 Å². The van der Waals surface area contributed by atoms with Gasteiger partial charge in [0, 0.05) is 12.4 Å². The first kappa shape index (κ1) is 13.9. The lowest BCUT2D eigenvalue weighted by molar-refractivity contribution is -0.123. The number of nitrogens with one attached hydrogen (secondary N) is 1. The van der Waals surface area contributed by atoms with Gasteiger partial charge in [-0.1, -0.05) is 13.8 Å². The number of nitrogens with zero attached hydrogens (tertiary/aromatic N) is 2. The minimum Gasteiger partial charge on any atom is -0.349 e. The summed E-state index contributed by atoms with van der Waals surface area (Å²) in [6.45, 7) is 4.20. The minimum atomic E-state index is -0.482. The predicted molar refractivity (Wildman–Crippen MR) is 68.5 cm³/mol. The summed E-state index contributed by atoms with van der Waals surface area (Å²) in [5.74, 6) is -0.0328. The van der Waals surface area contributed by atoms with Crippen molar-refractivity contribution >= 4 is 17.7 Å². The maximum absolute atomic E-state index is 11.7. The number of hydrogen-bond donors (Lipinski definition) is 2. The third kappa shape index (κ3) is 3.98. The van der Waals surface area contributed by atoms with Crippen LogP contribution in [0.25, 0.3) is 0 Å². The highest BCUT2D eigenvalue weighted by Gasteiger charge is 2.17. The topological polar surface area (TPSA) is 80.9 Å². The van der Waals surface area contributed by atoms with Gasteiger partial charge in [0.15, 0.2) is 0 Å². The lowest BCUT2D eigenvalue weighted by atomic mass is 10.1. The van der Waals surface area contributed by atoms with E-state index in [2.05, 4.69) is 15.3 Å². The number of hydrogen-bond acceptors (Lipinski definition) is 5. The standard InChI is InChI=1S/C11H18N4OS/c1-7(2)9(12)10(16)15-6-8-11(17-3)14-5-4-13-8/h4-5,7,9H,6,12H2,1-3H3,(H,15,16). The van der Waals surface area contributed by atoms with Crippen molar-refractivity contribution in [3.05, 3.63) is 18.1 Å². The fraction of sp³-hybridized carbons (Fsp3) is 0.545. The van der Waals surface area contributed by atoms with Crippen LogP contribution in [0.1, 0.15) is 19.5 Å². The molecule has 1 amide bonds. The molecule has 17 heavy (non-hydrogen) atoms. The van der Waals surface area contributed by atoms with Crippen LogP contribution in [0.3, 0.4) is 0 Å². The number of amides is 1. The molecule has 5 nitrogen and oxygen atoms in total. The normalized spacial score (nSPS) is 12.5. The van der Waals surface area contributed by atoms with E-state index in [4.69, 9.17) is 5.73 Å². The largest absolute Gasteiger partial charge is 0.349 e. The molecule has 1 rings (SSSR count). The highest BCUT2D eigenvalue weighted by molar-refractivity contribution is 7.98. The summed E-state index contributed by atoms with van der Waals surface area (Å²) in [6, 6.07) is -0.482. The van der Waals surface area contributed by atoms with Crippen molar-refractivity contribution in [2.45, 2.75) is 31.5 Å². The Morgan fingerprint density at radius 2 is 2.12 bits per heavy atom. The summed E-state index contributed by atoms with van der Waals surface area (Å²) in [4.78, 5) is 20.0. The zero-order valence-electron chi connectivity index (χ0n) is 10.3. The van der Waals surface area contributed by atoms with Crippen LogP contribution >= 0.6 is 11.8 Å². The molecule has 0 aliphatic heterocycles. The molecule has 0 spiro atoms. The number of nitrogens with two attached hydrogens (primary N) is 1. The van der Waals surface area contributed by atoms with Gasteiger partial charge in [-0.2, -0.15) is 0 Å². The van der Waals surface area contributed by atoms with Crippen molar-refractivity contribution in [3.8, 4) is 0 Å². The summed E-state index contributed by atoms with van der Waals surface area (Å²) >= 11 is 1.51. The zero-order chi connectivity index (χ0) is 12.8. The van der Waals surface area contributed by atoms with Gasteiger partial charge in [0.2, 0.25) is 5.91 Å². The zero-order valence-corrected chi connectivity index (χ0v) is 11.1. The number of aromatic nitrogens is 2. The molecule has 0 radical (unpaired) electrons. The molecule has 1 aromatic rings. The predicted octanol–water partition coefficient (Wildman–Crippen LogP) is 0.798. The van der Waals surface area contributed by atoms with Gasteiger partial charge >= 0.3 is 0 Å². The van der Waals surface area contributed by atoms with E-state index >= 15 is 0 Å². The molecular weight excluding hydrogens is 236 g/mol. The summed E-state index contributed by atoms with van der Waals surface area (Å²) in [5, 5.41) is 3.60. The van der Waals surface area contributed by atoms with E-state index in [0.717, 1.165) is 10.7 Å². The van der Waals surface area contributed by atoms with Crippen LogP contribution in [0, 0.1) is 5.92 Å². The Hall–Kier alpha value is -1.14. The summed E-state index contributed by atoms with van der Waals surface area (Å²) < 4.78 is 0. The second-order valence-corrected chi connectivity index (χ2v) is 4.79. The van der Waals surface area contributed by atoms with E-state index in [1.807, 2.05) is 20.1 Å². The Bertz CT molecular complexity index is 383. The molecular formula is C11H18N4OS. The van der Waals surface area contributed by atoms with Crippen LogP contribution in [-0.2, 0) is 11.3 Å². The average molecular weight is 254 g/mol. The lowest BCUT2D eigenvalue weighted by Gasteiger charge is -2.15. The molecule has 94 valence electrons. The van der Waals surface area contributed by atoms with Crippen LogP contribution in [0.2, 0.25) is 0 Å². The molecule has 0 aromatic carbocycles. The van der Waals surface area contributed by atoms with Gasteiger partial charge in [-0.3, -0.25) is 9.78 Å². The number of carbonyl (C=O) groups is 1. The second-order valence-electron chi connectivity index (χ2n) is 4.00. The van der Waals surface area contributed by atoms with Gasteiger partial charge in [0.25, 0.3) is 0 Å². The molecule has 1 atom stereocenters. The first-order chi connectivity index (χ1) is 8.06. The van der Waals surface area contributed by atoms with Gasteiger partial charge in [0.05, 0.1) is 18.3 Å². The van der Waals surface area contributed by atoms with Crippen molar-refractivity contribution in [1.29, 1.82) is 0 Å². The van der Waals surface area contributed by atoms with Crippen molar-refractivity contribution in [2.75, 3.05) is 6.26 Å². The number of thioether (sulfide) groups is 1. The molecule has 0 aliphatic carbocycles. The Labute approximate surface area is 106 Å². The van der Waals surface area contributed by atoms with Gasteiger partial charge in [-0.15, -0.1) is 11.8 Å². The smallest absolute Gasteiger partial charge is 0.237 e. The Morgan fingerprint density at radius 1 is 1.47 bits per heavy atom. The maximum Gasteiger partial charge on any atom is 0.237 e. The molecule has 0 bridgehead atoms. The van der Waals surface area contributed by atoms with Crippen molar-refractivity contribution < 1.29 is 4.79 Å². The fourth-order valence-corrected chi connectivity index (χ4v) is 1.76. The van der Waals surface area contributed by atoms with Gasteiger partial charge in [-0.05, 0) is 12.2 Å². The van der Waals surface area contributed by atoms with Crippen LogP contribution < -0.4 is 11.1 Å². The molecule has 0 fully saturated rings. The molecule has 1 aromatic heterocycles. The Balaban J connectivity index is 2.58. The van der Waals surface area contributed by atoms with Crippen molar-refractivity contribution in [2.24, 2.45) is 11.7 Å². The van der Waals surface area contributed by atoms with Gasteiger partial charge in [-0.25, -0.2) is 4.98 Å². The van der Waals surface area contributed by atoms with Crippen LogP contribution in [0.15, 0.2) is 17.4 Å². The SMILES string of the molecule is CSc1nccnc1CNC(=O)C(N)C(C)C. The molecule has 1 heterocycles. The van der Waals surface area contributed by atoms with Gasteiger partial charge in [0.1, 0.15) is 5.03 Å². The van der Waals surface area contributed by atoms with E-state index in [-0.39, 0.29) is 11.8 Å². The summed E-state index contributed by atoms with van der Waals surface area (Å²) in [6.07, 6.45) is 5.18. The highest BCUT2D eigenvalue weighted by atomic mass is 32.2. The van der Waals surface area contributed by atoms with Crippen LogP contribution in [-0.4, -0.2) is 28.2 Å². The fourth-order valence-electron chi connectivity index (χ4n) is 1.24. The monoisotopic (exact) mass is 254 g/mol. The van der Waals surface area contributed by atoms with Gasteiger partial charge < -0.3 is 11.1 Å². The second kappa shape index (κ2) is 6.56. The van der Waals surface area contributed by atoms with E-state index in [1.165, 1.54) is 11.8 Å². The maximum atomic E-state index is 11.7. The number of carbonyl (C=O) groups excluding carboxylic acids is 1. The third-order valence-corrected chi connectivity index (χ3v) is 3.11. The summed E-state index contributed by atoms with van der Waals surface area (Å²) in [7, 11) is 0. The molecule has 0 saturated heterocycles. The van der Waals surface area contributed by atoms with E-state index in [1.54, 1.807) is 12.4 Å². The Morgan fingerprint density at radius 3 is 2.71 bits per heavy atom. The van der Waals surface area contributed by atoms with E-state index in [9.17, 15) is 4.79 Å². The molecule has 0 saturated carbocycles. The van der Waals surface area contributed by atoms with Crippen molar-refractivity contribution in [3.63, 3.8) is 0 Å². The Kier molecular flexibility index (Phi) is 5.37. The van der Waals surface area contributed by atoms with Crippen molar-refractivity contribution in [1.82, 2.24) is 15.3 Å².